The van der Waals surface area contributed by atoms with Gasteiger partial charge in [-0.05, 0) is 31.0 Å². The first-order valence-corrected chi connectivity index (χ1v) is 8.09. The summed E-state index contributed by atoms with van der Waals surface area (Å²) in [7, 11) is 0. The second-order valence-electron chi connectivity index (χ2n) is 6.28. The van der Waals surface area contributed by atoms with E-state index in [0.717, 1.165) is 11.4 Å². The van der Waals surface area contributed by atoms with E-state index < -0.39 is 5.89 Å². The molecule has 0 amide bonds. The van der Waals surface area contributed by atoms with Crippen molar-refractivity contribution in [3.63, 3.8) is 0 Å². The molecule has 4 rings (SSSR count). The number of hydrogen-bond acceptors (Lipinski definition) is 2. The Bertz CT molecular complexity index is 836. The van der Waals surface area contributed by atoms with Gasteiger partial charge in [0.15, 0.2) is 0 Å². The van der Waals surface area contributed by atoms with Crippen LogP contribution < -0.4 is 4.90 Å². The largest absolute Gasteiger partial charge is 0.324 e. The van der Waals surface area contributed by atoms with Crippen LogP contribution in [0.1, 0.15) is 32.5 Å². The predicted octanol–water partition coefficient (Wildman–Crippen LogP) is 5.21. The Hall–Kier alpha value is -2.48. The van der Waals surface area contributed by atoms with Crippen molar-refractivity contribution in [2.45, 2.75) is 26.9 Å². The molecule has 2 heteroatoms. The van der Waals surface area contributed by atoms with E-state index in [1.54, 1.807) is 0 Å². The number of para-hydroxylation sites is 1. The van der Waals surface area contributed by atoms with Crippen molar-refractivity contribution in [3.05, 3.63) is 89.4 Å². The van der Waals surface area contributed by atoms with Crippen molar-refractivity contribution < 1.29 is 1.37 Å². The van der Waals surface area contributed by atoms with E-state index in [9.17, 15) is 0 Å². The molecule has 2 nitrogen and oxygen atoms in total. The zero-order chi connectivity index (χ0) is 16.9. The first-order chi connectivity index (χ1) is 11.5. The van der Waals surface area contributed by atoms with E-state index in [0.29, 0.717) is 0 Å². The second kappa shape index (κ2) is 5.31. The van der Waals surface area contributed by atoms with Crippen molar-refractivity contribution in [2.24, 2.45) is 5.89 Å². The number of aryl methyl sites for hydroxylation is 1. The first-order valence-electron chi connectivity index (χ1n) is 8.59. The smallest absolute Gasteiger partial charge is 0.136 e. The minimum absolute atomic E-state index is 0.0609. The molecule has 2 unspecified atom stereocenters. The lowest BCUT2D eigenvalue weighted by atomic mass is 10.1. The summed E-state index contributed by atoms with van der Waals surface area (Å²) in [6.45, 7) is 6.25. The molecule has 0 radical (unpaired) electrons. The molecule has 0 aromatic heterocycles. The molecular weight excluding hydrogens is 280 g/mol. The van der Waals surface area contributed by atoms with Gasteiger partial charge in [0.25, 0.3) is 0 Å². The summed E-state index contributed by atoms with van der Waals surface area (Å²) in [6.07, 6.45) is 4.12. The van der Waals surface area contributed by atoms with Gasteiger partial charge in [0, 0.05) is 30.5 Å². The van der Waals surface area contributed by atoms with Crippen LogP contribution in [0.3, 0.4) is 0 Å². The Labute approximate surface area is 139 Å². The molecule has 2 heterocycles. The highest BCUT2D eigenvalue weighted by Crippen LogP contribution is 2.48. The van der Waals surface area contributed by atoms with Gasteiger partial charge in [0.1, 0.15) is 6.17 Å². The van der Waals surface area contributed by atoms with Crippen LogP contribution in [0.25, 0.3) is 0 Å². The summed E-state index contributed by atoms with van der Waals surface area (Å²) in [4.78, 5) is 4.63. The maximum absolute atomic E-state index is 8.69. The molecule has 23 heavy (non-hydrogen) atoms. The fourth-order valence-electron chi connectivity index (χ4n) is 3.73. The average molecular weight is 303 g/mol. The Balaban J connectivity index is 1.92. The maximum atomic E-state index is 8.69. The molecule has 0 bridgehead atoms. The summed E-state index contributed by atoms with van der Waals surface area (Å²) in [6, 6.07) is 19.0. The van der Waals surface area contributed by atoms with Crippen molar-refractivity contribution in [1.82, 2.24) is 4.90 Å². The van der Waals surface area contributed by atoms with Gasteiger partial charge in [-0.15, -0.1) is 0 Å². The van der Waals surface area contributed by atoms with Gasteiger partial charge in [-0.3, -0.25) is 0 Å². The fraction of sp³-hybridized carbons (Fsp3) is 0.238. The highest BCUT2D eigenvalue weighted by atomic mass is 15.4. The molecule has 0 fully saturated rings. The van der Waals surface area contributed by atoms with Gasteiger partial charge in [0.05, 0.1) is 0 Å². The van der Waals surface area contributed by atoms with E-state index in [-0.39, 0.29) is 6.17 Å². The fourth-order valence-corrected chi connectivity index (χ4v) is 3.73. The topological polar surface area (TPSA) is 6.48 Å². The molecule has 0 N–H and O–H groups in total. The molecule has 2 aromatic carbocycles. The maximum Gasteiger partial charge on any atom is 0.136 e. The van der Waals surface area contributed by atoms with Crippen molar-refractivity contribution in [2.75, 3.05) is 4.90 Å². The summed E-state index contributed by atoms with van der Waals surface area (Å²) < 4.78 is 8.69. The van der Waals surface area contributed by atoms with E-state index >= 15 is 0 Å². The Morgan fingerprint density at radius 1 is 0.957 bits per heavy atom. The van der Waals surface area contributed by atoms with Crippen LogP contribution >= 0.6 is 0 Å². The molecule has 2 aliphatic rings. The molecular formula is C21H22N2. The zero-order valence-corrected chi connectivity index (χ0v) is 13.8. The minimum Gasteiger partial charge on any atom is -0.324 e. The van der Waals surface area contributed by atoms with Crippen LogP contribution in [0.4, 0.5) is 5.69 Å². The highest BCUT2D eigenvalue weighted by molar-refractivity contribution is 5.62. The lowest BCUT2D eigenvalue weighted by molar-refractivity contribution is 0.380. The van der Waals surface area contributed by atoms with Gasteiger partial charge in [-0.25, -0.2) is 0 Å². The third kappa shape index (κ3) is 2.09. The minimum atomic E-state index is -0.686. The Morgan fingerprint density at radius 3 is 2.39 bits per heavy atom. The van der Waals surface area contributed by atoms with E-state index in [2.05, 4.69) is 78.4 Å². The van der Waals surface area contributed by atoms with Gasteiger partial charge in [0.2, 0.25) is 0 Å². The standard InChI is InChI=1S/C21H22N2/c1-15-9-7-8-12-19(15)23-17(3)20-16(2)13-14-22(20)21(23)18-10-5-4-6-11-18/h4-14,16,21H,1-3H3/i16D. The van der Waals surface area contributed by atoms with Crippen LogP contribution in [0.15, 0.2) is 78.3 Å². The summed E-state index contributed by atoms with van der Waals surface area (Å²) >= 11 is 0. The Morgan fingerprint density at radius 2 is 1.65 bits per heavy atom. The number of fused-ring (bicyclic) bond motifs is 1. The van der Waals surface area contributed by atoms with E-state index in [1.807, 2.05) is 19.1 Å². The number of anilines is 1. The van der Waals surface area contributed by atoms with Gasteiger partial charge in [-0.1, -0.05) is 61.5 Å². The summed E-state index contributed by atoms with van der Waals surface area (Å²) in [5, 5.41) is 0. The van der Waals surface area contributed by atoms with Crippen molar-refractivity contribution in [1.29, 1.82) is 0 Å². The SMILES string of the molecule is [2H]C1(C)C=CN2C1=C(C)N(c1ccccc1C)C2c1ccccc1. The normalized spacial score (nSPS) is 26.7. The molecule has 0 aliphatic carbocycles. The van der Waals surface area contributed by atoms with E-state index in [4.69, 9.17) is 1.37 Å². The highest BCUT2D eigenvalue weighted by Gasteiger charge is 2.41. The summed E-state index contributed by atoms with van der Waals surface area (Å²) in [5.74, 6) is -0.686. The Kier molecular flexibility index (Phi) is 3.00. The molecule has 2 aromatic rings. The lowest BCUT2D eigenvalue weighted by Crippen LogP contribution is -2.29. The van der Waals surface area contributed by atoms with Gasteiger partial charge in [-0.2, -0.15) is 0 Å². The van der Waals surface area contributed by atoms with Crippen LogP contribution in [0.2, 0.25) is 0 Å². The second-order valence-corrected chi connectivity index (χ2v) is 6.28. The van der Waals surface area contributed by atoms with Crippen LogP contribution in [0, 0.1) is 12.8 Å². The number of rotatable bonds is 2. The molecule has 0 spiro atoms. The monoisotopic (exact) mass is 303 g/mol. The zero-order valence-electron chi connectivity index (χ0n) is 14.8. The van der Waals surface area contributed by atoms with Crippen LogP contribution in [-0.4, -0.2) is 4.90 Å². The lowest BCUT2D eigenvalue weighted by Gasteiger charge is -2.33. The van der Waals surface area contributed by atoms with Crippen LogP contribution in [0.5, 0.6) is 0 Å². The molecule has 116 valence electrons. The number of benzene rings is 2. The number of nitrogens with zero attached hydrogens (tertiary/aromatic N) is 2. The van der Waals surface area contributed by atoms with Gasteiger partial charge < -0.3 is 9.80 Å². The molecule has 0 saturated carbocycles. The average Bonchev–Trinajstić information content (AvgIpc) is 3.04. The van der Waals surface area contributed by atoms with Crippen LogP contribution in [-0.2, 0) is 0 Å². The molecule has 2 aliphatic heterocycles. The summed E-state index contributed by atoms with van der Waals surface area (Å²) in [5.41, 5.74) is 5.91. The van der Waals surface area contributed by atoms with Crippen molar-refractivity contribution >= 4 is 5.69 Å². The third-order valence-electron chi connectivity index (χ3n) is 4.80. The number of hydrogen-bond donors (Lipinski definition) is 0. The first kappa shape index (κ1) is 13.0. The number of allylic oxidation sites excluding steroid dienone is 2. The van der Waals surface area contributed by atoms with Gasteiger partial charge >= 0.3 is 0 Å². The third-order valence-corrected chi connectivity index (χ3v) is 4.80. The van der Waals surface area contributed by atoms with Crippen molar-refractivity contribution in [3.8, 4) is 0 Å². The molecule has 0 saturated heterocycles. The van der Waals surface area contributed by atoms with E-state index in [1.165, 1.54) is 16.8 Å². The quantitative estimate of drug-likeness (QED) is 0.751. The molecule has 2 atom stereocenters. The predicted molar refractivity (Wildman–Crippen MR) is 95.7 cm³/mol.